The number of fused-ring (bicyclic) bond motifs is 1. The molecule has 0 saturated carbocycles. The molecule has 0 bridgehead atoms. The summed E-state index contributed by atoms with van der Waals surface area (Å²) in [6.07, 6.45) is 6.57. The van der Waals surface area contributed by atoms with E-state index in [9.17, 15) is 0 Å². The Balaban J connectivity index is 2.53. The third-order valence-corrected chi connectivity index (χ3v) is 2.66. The Hall–Kier alpha value is -0.690. The van der Waals surface area contributed by atoms with E-state index < -0.39 is 0 Å². The van der Waals surface area contributed by atoms with Crippen LogP contribution in [-0.2, 0) is 0 Å². The Morgan fingerprint density at radius 2 is 1.82 bits per heavy atom. The molecule has 0 radical (unpaired) electrons. The quantitative estimate of drug-likeness (QED) is 0.520. The minimum atomic E-state index is 1.13. The minimum Gasteiger partial charge on any atom is -0.143 e. The highest BCUT2D eigenvalue weighted by molar-refractivity contribution is 7.84. The van der Waals surface area contributed by atoms with Gasteiger partial charge in [0.2, 0.25) is 0 Å². The molecule has 0 aromatic rings. The van der Waals surface area contributed by atoms with Crippen molar-refractivity contribution in [1.82, 2.24) is 0 Å². The van der Waals surface area contributed by atoms with E-state index in [1.807, 2.05) is 0 Å². The van der Waals surface area contributed by atoms with Crippen LogP contribution in [-0.4, -0.2) is 0 Å². The molecule has 0 fully saturated rings. The molecule has 2 aliphatic carbocycles. The third kappa shape index (κ3) is 0.916. The van der Waals surface area contributed by atoms with Crippen molar-refractivity contribution in [3.8, 4) is 0 Å². The third-order valence-electron chi connectivity index (χ3n) is 2.07. The van der Waals surface area contributed by atoms with E-state index in [0.717, 1.165) is 4.91 Å². The molecular weight excluding hydrogens is 152 g/mol. The van der Waals surface area contributed by atoms with Gasteiger partial charge in [0.15, 0.2) is 0 Å². The van der Waals surface area contributed by atoms with Crippen LogP contribution < -0.4 is 0 Å². The average Bonchev–Trinajstić information content (AvgIpc) is 2.37. The van der Waals surface area contributed by atoms with Gasteiger partial charge in [0.25, 0.3) is 0 Å². The summed E-state index contributed by atoms with van der Waals surface area (Å²) in [6, 6.07) is 0. The summed E-state index contributed by atoms with van der Waals surface area (Å²) in [7, 11) is 0. The highest BCUT2D eigenvalue weighted by atomic mass is 32.1. The molecule has 0 aromatic carbocycles. The number of thiol groups is 1. The topological polar surface area (TPSA) is 0 Å². The summed E-state index contributed by atoms with van der Waals surface area (Å²) >= 11 is 4.43. The summed E-state index contributed by atoms with van der Waals surface area (Å²) in [5.41, 5.74) is 5.22. The molecule has 56 valence electrons. The molecule has 0 amide bonds. The molecule has 0 spiro atoms. The van der Waals surface area contributed by atoms with E-state index in [2.05, 4.69) is 44.7 Å². The zero-order valence-corrected chi connectivity index (χ0v) is 7.57. The lowest BCUT2D eigenvalue weighted by Crippen LogP contribution is -1.75. The van der Waals surface area contributed by atoms with Crippen molar-refractivity contribution in [3.63, 3.8) is 0 Å². The van der Waals surface area contributed by atoms with Gasteiger partial charge in [-0.1, -0.05) is 18.2 Å². The molecule has 1 heteroatoms. The van der Waals surface area contributed by atoms with E-state index in [4.69, 9.17) is 0 Å². The van der Waals surface area contributed by atoms with Gasteiger partial charge in [-0.05, 0) is 36.1 Å². The van der Waals surface area contributed by atoms with Crippen molar-refractivity contribution in [1.29, 1.82) is 0 Å². The van der Waals surface area contributed by atoms with Crippen LogP contribution in [0.5, 0.6) is 0 Å². The van der Waals surface area contributed by atoms with E-state index in [1.165, 1.54) is 22.3 Å². The Labute approximate surface area is 72.4 Å². The fourth-order valence-electron chi connectivity index (χ4n) is 1.51. The molecule has 0 aliphatic heterocycles. The van der Waals surface area contributed by atoms with Gasteiger partial charge in [0, 0.05) is 4.91 Å². The maximum Gasteiger partial charge on any atom is 0.0148 e. The molecule has 2 rings (SSSR count). The van der Waals surface area contributed by atoms with Gasteiger partial charge in [0.1, 0.15) is 0 Å². The molecular formula is C10H10S. The number of allylic oxidation sites excluding steroid dienone is 7. The lowest BCUT2D eigenvalue weighted by molar-refractivity contribution is 1.51. The fraction of sp³-hybridized carbons (Fsp3) is 0.200. The number of hydrogen-bond donors (Lipinski definition) is 1. The van der Waals surface area contributed by atoms with E-state index in [0.29, 0.717) is 0 Å². The van der Waals surface area contributed by atoms with Crippen molar-refractivity contribution >= 4 is 12.6 Å². The van der Waals surface area contributed by atoms with Crippen LogP contribution in [0.3, 0.4) is 0 Å². The van der Waals surface area contributed by atoms with Gasteiger partial charge in [0.05, 0.1) is 0 Å². The molecule has 0 heterocycles. The highest BCUT2D eigenvalue weighted by Gasteiger charge is 2.18. The first-order valence-electron chi connectivity index (χ1n) is 3.71. The smallest absolute Gasteiger partial charge is 0.0148 e. The van der Waals surface area contributed by atoms with Gasteiger partial charge in [-0.15, -0.1) is 12.6 Å². The van der Waals surface area contributed by atoms with Gasteiger partial charge < -0.3 is 0 Å². The molecule has 0 N–H and O–H groups in total. The van der Waals surface area contributed by atoms with Crippen molar-refractivity contribution in [3.05, 3.63) is 45.4 Å². The lowest BCUT2D eigenvalue weighted by atomic mass is 10.2. The van der Waals surface area contributed by atoms with Crippen LogP contribution in [0.1, 0.15) is 13.8 Å². The molecule has 0 aromatic heterocycles. The maximum absolute atomic E-state index is 4.43. The lowest BCUT2D eigenvalue weighted by Gasteiger charge is -1.95. The van der Waals surface area contributed by atoms with Crippen LogP contribution in [0.15, 0.2) is 45.4 Å². The number of rotatable bonds is 0. The fourth-order valence-corrected chi connectivity index (χ4v) is 1.77. The van der Waals surface area contributed by atoms with Crippen LogP contribution in [0.2, 0.25) is 0 Å². The molecule has 0 atom stereocenters. The summed E-state index contributed by atoms with van der Waals surface area (Å²) in [5, 5.41) is 0. The van der Waals surface area contributed by atoms with Gasteiger partial charge in [-0.25, -0.2) is 0 Å². The second kappa shape index (κ2) is 2.15. The van der Waals surface area contributed by atoms with E-state index in [-0.39, 0.29) is 0 Å². The van der Waals surface area contributed by atoms with Crippen LogP contribution in [0.25, 0.3) is 0 Å². The summed E-state index contributed by atoms with van der Waals surface area (Å²) in [6.45, 7) is 4.21. The molecule has 11 heavy (non-hydrogen) atoms. The largest absolute Gasteiger partial charge is 0.143 e. The molecule has 0 saturated heterocycles. The molecule has 0 nitrogen and oxygen atoms in total. The first-order chi connectivity index (χ1) is 5.18. The highest BCUT2D eigenvalue weighted by Crippen LogP contribution is 2.38. The first-order valence-corrected chi connectivity index (χ1v) is 4.15. The summed E-state index contributed by atoms with van der Waals surface area (Å²) in [4.78, 5) is 1.13. The normalized spacial score (nSPS) is 21.5. The Bertz CT molecular complexity index is 338. The second-order valence-electron chi connectivity index (χ2n) is 3.08. The van der Waals surface area contributed by atoms with Crippen molar-refractivity contribution < 1.29 is 0 Å². The average molecular weight is 162 g/mol. The predicted molar refractivity (Wildman–Crippen MR) is 51.6 cm³/mol. The van der Waals surface area contributed by atoms with Crippen molar-refractivity contribution in [2.75, 3.05) is 0 Å². The van der Waals surface area contributed by atoms with Crippen LogP contribution >= 0.6 is 12.6 Å². The van der Waals surface area contributed by atoms with Crippen molar-refractivity contribution in [2.45, 2.75) is 13.8 Å². The summed E-state index contributed by atoms with van der Waals surface area (Å²) in [5.74, 6) is 0. The second-order valence-corrected chi connectivity index (χ2v) is 3.52. The standard InChI is InChI=1S/C10H10S/c1-6-3-8-5-7(2)10(11)9(8)4-6/h3-5,11H,1-2H3. The maximum atomic E-state index is 4.43. The molecule has 2 aliphatic rings. The van der Waals surface area contributed by atoms with Crippen LogP contribution in [0.4, 0.5) is 0 Å². The minimum absolute atomic E-state index is 1.13. The van der Waals surface area contributed by atoms with E-state index in [1.54, 1.807) is 0 Å². The van der Waals surface area contributed by atoms with Gasteiger partial charge in [-0.2, -0.15) is 0 Å². The predicted octanol–water partition coefficient (Wildman–Crippen LogP) is 3.02. The first kappa shape index (κ1) is 6.99. The Morgan fingerprint density at radius 1 is 1.09 bits per heavy atom. The van der Waals surface area contributed by atoms with Gasteiger partial charge >= 0.3 is 0 Å². The van der Waals surface area contributed by atoms with Crippen LogP contribution in [0, 0.1) is 0 Å². The molecule has 0 unspecified atom stereocenters. The van der Waals surface area contributed by atoms with E-state index >= 15 is 0 Å². The number of hydrogen-bond acceptors (Lipinski definition) is 1. The Kier molecular flexibility index (Phi) is 1.36. The Morgan fingerprint density at radius 3 is 2.45 bits per heavy atom. The van der Waals surface area contributed by atoms with Gasteiger partial charge in [-0.3, -0.25) is 0 Å². The summed E-state index contributed by atoms with van der Waals surface area (Å²) < 4.78 is 0. The zero-order valence-electron chi connectivity index (χ0n) is 6.68. The zero-order chi connectivity index (χ0) is 8.01. The van der Waals surface area contributed by atoms with Crippen molar-refractivity contribution in [2.24, 2.45) is 0 Å². The SMILES string of the molecule is CC1=CC2=CC(C)=C(S)C2=C1. The monoisotopic (exact) mass is 162 g/mol.